The minimum Gasteiger partial charge on any atom is -0.493 e. The zero-order valence-corrected chi connectivity index (χ0v) is 24.2. The monoisotopic (exact) mass is 586 g/mol. The molecule has 1 atom stereocenters. The molecule has 2 aromatic rings. The van der Waals surface area contributed by atoms with E-state index in [-0.39, 0.29) is 11.1 Å². The van der Waals surface area contributed by atoms with Crippen molar-refractivity contribution in [1.29, 1.82) is 0 Å². The summed E-state index contributed by atoms with van der Waals surface area (Å²) in [5, 5.41) is 3.60. The van der Waals surface area contributed by atoms with Gasteiger partial charge in [-0.05, 0) is 68.8 Å². The molecular weight excluding hydrogens is 546 g/mol. The molecule has 4 nitrogen and oxygen atoms in total. The van der Waals surface area contributed by atoms with Gasteiger partial charge in [-0.2, -0.15) is 26.3 Å². The van der Waals surface area contributed by atoms with Crippen LogP contribution in [0, 0.1) is 6.92 Å². The van der Waals surface area contributed by atoms with Crippen molar-refractivity contribution in [2.45, 2.75) is 96.3 Å². The normalized spacial score (nSPS) is 20.9. The fourth-order valence-corrected chi connectivity index (χ4v) is 6.07. The van der Waals surface area contributed by atoms with Crippen molar-refractivity contribution in [2.24, 2.45) is 0 Å². The maximum absolute atomic E-state index is 14.0. The van der Waals surface area contributed by atoms with E-state index in [2.05, 4.69) is 53.1 Å². The van der Waals surface area contributed by atoms with Gasteiger partial charge in [0, 0.05) is 24.3 Å². The van der Waals surface area contributed by atoms with Gasteiger partial charge in [-0.3, -0.25) is 10.2 Å². The largest absolute Gasteiger partial charge is 0.493 e. The first-order valence-electron chi connectivity index (χ1n) is 14.4. The summed E-state index contributed by atoms with van der Waals surface area (Å²) in [4.78, 5) is 2.34. The zero-order valence-electron chi connectivity index (χ0n) is 24.2. The van der Waals surface area contributed by atoms with Gasteiger partial charge in [0.2, 0.25) is 0 Å². The number of unbranched alkanes of at least 4 members (excludes halogenated alkanes) is 1. The fraction of sp³-hybridized carbons (Fsp3) is 0.613. The summed E-state index contributed by atoms with van der Waals surface area (Å²) in [5.41, 5.74) is -2.12. The predicted octanol–water partition coefficient (Wildman–Crippen LogP) is 7.69. The molecule has 2 heterocycles. The minimum atomic E-state index is -5.65. The number of rotatable bonds is 11. The Bertz CT molecular complexity index is 1180. The van der Waals surface area contributed by atoms with Gasteiger partial charge >= 0.3 is 12.4 Å². The molecule has 0 amide bonds. The third-order valence-electron chi connectivity index (χ3n) is 8.24. The van der Waals surface area contributed by atoms with Gasteiger partial charge in [0.05, 0.1) is 18.8 Å². The Hall–Kier alpha value is -2.30. The summed E-state index contributed by atoms with van der Waals surface area (Å²) in [6.07, 6.45) is -8.03. The van der Waals surface area contributed by atoms with Crippen LogP contribution >= 0.6 is 0 Å². The number of fused-ring (bicyclic) bond motifs is 1. The highest BCUT2D eigenvalue weighted by atomic mass is 19.4. The summed E-state index contributed by atoms with van der Waals surface area (Å²) in [5.74, 6) is 0.422. The summed E-state index contributed by atoms with van der Waals surface area (Å²) in [6.45, 7) is 9.97. The maximum atomic E-state index is 14.0. The van der Waals surface area contributed by atoms with Crippen molar-refractivity contribution in [3.05, 3.63) is 63.7 Å². The van der Waals surface area contributed by atoms with E-state index in [1.165, 1.54) is 11.1 Å². The van der Waals surface area contributed by atoms with E-state index in [0.29, 0.717) is 55.6 Å². The van der Waals surface area contributed by atoms with Gasteiger partial charge in [-0.1, -0.05) is 56.5 Å². The first-order valence-corrected chi connectivity index (χ1v) is 14.4. The maximum Gasteiger partial charge on any atom is 0.430 e. The lowest BCUT2D eigenvalue weighted by Crippen LogP contribution is -2.53. The van der Waals surface area contributed by atoms with Crippen LogP contribution in [0.4, 0.5) is 26.3 Å². The Morgan fingerprint density at radius 2 is 1.63 bits per heavy atom. The molecule has 41 heavy (non-hydrogen) atoms. The second-order valence-electron chi connectivity index (χ2n) is 11.5. The van der Waals surface area contributed by atoms with Crippen LogP contribution in [0.5, 0.6) is 5.75 Å². The third kappa shape index (κ3) is 6.11. The Balaban J connectivity index is 1.47. The van der Waals surface area contributed by atoms with Crippen LogP contribution in [0.15, 0.2) is 30.3 Å². The first kappa shape index (κ1) is 31.6. The van der Waals surface area contributed by atoms with Crippen molar-refractivity contribution in [3.63, 3.8) is 0 Å². The molecule has 10 heteroatoms. The van der Waals surface area contributed by atoms with E-state index in [1.807, 2.05) is 13.8 Å². The first-order chi connectivity index (χ1) is 19.3. The van der Waals surface area contributed by atoms with Crippen molar-refractivity contribution in [2.75, 3.05) is 26.4 Å². The van der Waals surface area contributed by atoms with Crippen molar-refractivity contribution >= 4 is 0 Å². The quantitative estimate of drug-likeness (QED) is 0.216. The van der Waals surface area contributed by atoms with Crippen LogP contribution in [-0.2, 0) is 35.3 Å². The summed E-state index contributed by atoms with van der Waals surface area (Å²) >= 11 is 0. The van der Waals surface area contributed by atoms with E-state index in [0.717, 1.165) is 32.2 Å². The molecule has 1 saturated heterocycles. The third-order valence-corrected chi connectivity index (χ3v) is 8.24. The van der Waals surface area contributed by atoms with E-state index in [4.69, 9.17) is 4.74 Å². The predicted molar refractivity (Wildman–Crippen MR) is 146 cm³/mol. The Morgan fingerprint density at radius 3 is 2.24 bits per heavy atom. The molecule has 0 radical (unpaired) electrons. The number of nitrogens with one attached hydrogen (secondary N) is 1. The summed E-state index contributed by atoms with van der Waals surface area (Å²) in [7, 11) is 0. The molecule has 1 fully saturated rings. The number of aryl methyl sites for hydroxylation is 2. The topological polar surface area (TPSA) is 33.7 Å². The smallest absolute Gasteiger partial charge is 0.430 e. The van der Waals surface area contributed by atoms with Crippen LogP contribution in [0.1, 0.15) is 79.8 Å². The molecule has 4 rings (SSSR count). The molecule has 1 N–H and O–H groups in total. The molecule has 0 aromatic heterocycles. The lowest BCUT2D eigenvalue weighted by Gasteiger charge is -2.34. The Kier molecular flexibility index (Phi) is 9.36. The molecule has 228 valence electrons. The standard InChI is InChI=1S/C31H40F6N2O2/c1-5-9-22-17-26-25(18-41-29(26,30(32,33)34)31(35,36)37)24(10-6-2)27(22)40-16-8-7-15-39-19-28(4,38-20-39)23-13-11-21(3)12-14-23/h11-14,17,38H,5-10,15-16,18-20H2,1-4H3. The van der Waals surface area contributed by atoms with Gasteiger partial charge in [-0.15, -0.1) is 0 Å². The van der Waals surface area contributed by atoms with Crippen LogP contribution in [0.3, 0.4) is 0 Å². The van der Waals surface area contributed by atoms with E-state index in [1.54, 1.807) is 0 Å². The second-order valence-corrected chi connectivity index (χ2v) is 11.5. The highest BCUT2D eigenvalue weighted by molar-refractivity contribution is 5.55. The number of alkyl halides is 6. The van der Waals surface area contributed by atoms with Gasteiger partial charge in [0.25, 0.3) is 5.60 Å². The van der Waals surface area contributed by atoms with Crippen LogP contribution in [-0.4, -0.2) is 43.6 Å². The molecule has 2 aliphatic rings. The lowest BCUT2D eigenvalue weighted by atomic mass is 9.84. The second kappa shape index (κ2) is 12.1. The number of hydrogen-bond donors (Lipinski definition) is 1. The Morgan fingerprint density at radius 1 is 0.976 bits per heavy atom. The molecule has 2 aliphatic heterocycles. The van der Waals surface area contributed by atoms with Gasteiger partial charge in [0.15, 0.2) is 0 Å². The number of nitrogens with zero attached hydrogens (tertiary/aromatic N) is 1. The average molecular weight is 587 g/mol. The molecule has 0 spiro atoms. The molecule has 1 unspecified atom stereocenters. The van der Waals surface area contributed by atoms with Crippen LogP contribution in [0.25, 0.3) is 0 Å². The van der Waals surface area contributed by atoms with Crippen molar-refractivity contribution < 1.29 is 35.8 Å². The average Bonchev–Trinajstić information content (AvgIpc) is 3.47. The Labute approximate surface area is 238 Å². The molecular formula is C31H40F6N2O2. The molecule has 2 aromatic carbocycles. The van der Waals surface area contributed by atoms with Crippen molar-refractivity contribution in [3.8, 4) is 5.75 Å². The number of benzene rings is 2. The SMILES string of the molecule is CCCc1cc2c(c(CCC)c1OCCCCN1CNC(C)(c3ccc(C)cc3)C1)COC2(C(F)(F)F)C(F)(F)F. The van der Waals surface area contributed by atoms with E-state index < -0.39 is 30.1 Å². The van der Waals surface area contributed by atoms with Crippen molar-refractivity contribution in [1.82, 2.24) is 10.2 Å². The highest BCUT2D eigenvalue weighted by Gasteiger charge is 2.75. The van der Waals surface area contributed by atoms with Gasteiger partial charge in [-0.25, -0.2) is 0 Å². The fourth-order valence-electron chi connectivity index (χ4n) is 6.07. The van der Waals surface area contributed by atoms with Crippen LogP contribution in [0.2, 0.25) is 0 Å². The minimum absolute atomic E-state index is 0.0464. The van der Waals surface area contributed by atoms with Gasteiger partial charge in [0.1, 0.15) is 5.75 Å². The van der Waals surface area contributed by atoms with Gasteiger partial charge < -0.3 is 9.47 Å². The van der Waals surface area contributed by atoms with E-state index in [9.17, 15) is 26.3 Å². The lowest BCUT2D eigenvalue weighted by molar-refractivity contribution is -0.385. The summed E-state index contributed by atoms with van der Waals surface area (Å²) in [6, 6.07) is 9.55. The zero-order chi connectivity index (χ0) is 30.1. The van der Waals surface area contributed by atoms with Crippen LogP contribution < -0.4 is 10.1 Å². The van der Waals surface area contributed by atoms with E-state index >= 15 is 0 Å². The molecule has 0 saturated carbocycles. The highest BCUT2D eigenvalue weighted by Crippen LogP contribution is 2.58. The molecule has 0 aliphatic carbocycles. The number of halogens is 6. The number of hydrogen-bond acceptors (Lipinski definition) is 4. The number of ether oxygens (including phenoxy) is 2. The molecule has 0 bridgehead atoms. The summed E-state index contributed by atoms with van der Waals surface area (Å²) < 4.78 is 94.9.